The molecule has 0 amide bonds. The SMILES string of the molecule is Cc1c(-c2cc3cccc(F)c3o2)n[nH]c(=S)c1C. The number of para-hydroxylation sites is 1. The summed E-state index contributed by atoms with van der Waals surface area (Å²) in [6.45, 7) is 3.84. The van der Waals surface area contributed by atoms with Crippen LogP contribution >= 0.6 is 12.2 Å². The number of hydrogen-bond acceptors (Lipinski definition) is 3. The number of nitrogens with one attached hydrogen (secondary N) is 1. The monoisotopic (exact) mass is 274 g/mol. The first-order valence-electron chi connectivity index (χ1n) is 5.82. The number of aromatic amines is 1. The zero-order valence-electron chi connectivity index (χ0n) is 10.5. The van der Waals surface area contributed by atoms with Crippen LogP contribution in [0, 0.1) is 24.3 Å². The predicted molar refractivity (Wildman–Crippen MR) is 74.1 cm³/mol. The molecule has 2 aromatic heterocycles. The minimum Gasteiger partial charge on any atom is -0.451 e. The third kappa shape index (κ3) is 1.86. The van der Waals surface area contributed by atoms with Crippen molar-refractivity contribution in [2.75, 3.05) is 0 Å². The number of fused-ring (bicyclic) bond motifs is 1. The van der Waals surface area contributed by atoms with E-state index in [-0.39, 0.29) is 11.4 Å². The summed E-state index contributed by atoms with van der Waals surface area (Å²) in [6, 6.07) is 6.61. The van der Waals surface area contributed by atoms with Crippen molar-refractivity contribution < 1.29 is 8.81 Å². The molecule has 0 atom stereocenters. The van der Waals surface area contributed by atoms with Gasteiger partial charge >= 0.3 is 0 Å². The molecule has 0 radical (unpaired) electrons. The molecular weight excluding hydrogens is 263 g/mol. The maximum absolute atomic E-state index is 13.6. The van der Waals surface area contributed by atoms with Crippen molar-refractivity contribution in [1.82, 2.24) is 10.2 Å². The molecule has 0 saturated carbocycles. The maximum atomic E-state index is 13.6. The van der Waals surface area contributed by atoms with E-state index in [9.17, 15) is 4.39 Å². The van der Waals surface area contributed by atoms with Gasteiger partial charge in [0.25, 0.3) is 0 Å². The molecule has 19 heavy (non-hydrogen) atoms. The first-order chi connectivity index (χ1) is 9.08. The Hall–Kier alpha value is -2.01. The summed E-state index contributed by atoms with van der Waals surface area (Å²) in [5, 5.41) is 7.68. The molecule has 3 nitrogen and oxygen atoms in total. The minimum absolute atomic E-state index is 0.249. The fourth-order valence-electron chi connectivity index (χ4n) is 2.01. The summed E-state index contributed by atoms with van der Waals surface area (Å²) < 4.78 is 19.8. The van der Waals surface area contributed by atoms with E-state index in [2.05, 4.69) is 10.2 Å². The van der Waals surface area contributed by atoms with Crippen molar-refractivity contribution in [1.29, 1.82) is 0 Å². The van der Waals surface area contributed by atoms with Gasteiger partial charge in [-0.05, 0) is 37.1 Å². The average Bonchev–Trinajstić information content (AvgIpc) is 2.81. The van der Waals surface area contributed by atoms with Gasteiger partial charge in [0.15, 0.2) is 17.2 Å². The van der Waals surface area contributed by atoms with Crippen molar-refractivity contribution in [2.45, 2.75) is 13.8 Å². The Morgan fingerprint density at radius 3 is 2.79 bits per heavy atom. The second kappa shape index (κ2) is 4.28. The Kier molecular flexibility index (Phi) is 2.71. The summed E-state index contributed by atoms with van der Waals surface area (Å²) in [4.78, 5) is 0. The van der Waals surface area contributed by atoms with Gasteiger partial charge in [-0.15, -0.1) is 0 Å². The van der Waals surface area contributed by atoms with Crippen molar-refractivity contribution in [3.8, 4) is 11.5 Å². The standard InChI is InChI=1S/C14H11FN2OS/c1-7-8(2)14(19)17-16-12(7)11-6-9-4-3-5-10(15)13(9)18-11/h3-6H,1-2H3,(H,17,19). The Morgan fingerprint density at radius 2 is 2.05 bits per heavy atom. The van der Waals surface area contributed by atoms with E-state index in [1.807, 2.05) is 13.8 Å². The molecule has 0 aliphatic rings. The molecule has 3 rings (SSSR count). The third-order valence-corrected chi connectivity index (χ3v) is 3.65. The van der Waals surface area contributed by atoms with E-state index in [4.69, 9.17) is 16.6 Å². The number of rotatable bonds is 1. The van der Waals surface area contributed by atoms with Crippen LogP contribution in [-0.2, 0) is 0 Å². The van der Waals surface area contributed by atoms with E-state index in [1.165, 1.54) is 6.07 Å². The van der Waals surface area contributed by atoms with Crippen LogP contribution in [0.5, 0.6) is 0 Å². The van der Waals surface area contributed by atoms with Crippen LogP contribution in [-0.4, -0.2) is 10.2 Å². The zero-order valence-corrected chi connectivity index (χ0v) is 11.3. The number of aromatic nitrogens is 2. The molecule has 0 spiro atoms. The molecule has 2 heterocycles. The summed E-state index contributed by atoms with van der Waals surface area (Å²) >= 11 is 5.13. The molecule has 5 heteroatoms. The molecule has 1 N–H and O–H groups in total. The fourth-order valence-corrected chi connectivity index (χ4v) is 2.21. The molecular formula is C14H11FN2OS. The summed E-state index contributed by atoms with van der Waals surface area (Å²) in [5.74, 6) is 0.161. The Morgan fingerprint density at radius 1 is 1.26 bits per heavy atom. The van der Waals surface area contributed by atoms with Crippen LogP contribution in [0.25, 0.3) is 22.4 Å². The highest BCUT2D eigenvalue weighted by atomic mass is 32.1. The van der Waals surface area contributed by atoms with Gasteiger partial charge in [-0.1, -0.05) is 24.4 Å². The second-order valence-electron chi connectivity index (χ2n) is 4.42. The van der Waals surface area contributed by atoms with Crippen LogP contribution in [0.15, 0.2) is 28.7 Å². The maximum Gasteiger partial charge on any atom is 0.170 e. The molecule has 0 unspecified atom stereocenters. The number of benzene rings is 1. The normalized spacial score (nSPS) is 11.1. The van der Waals surface area contributed by atoms with Crippen molar-refractivity contribution in [3.63, 3.8) is 0 Å². The summed E-state index contributed by atoms with van der Waals surface area (Å²) in [6.07, 6.45) is 0. The lowest BCUT2D eigenvalue weighted by atomic mass is 10.1. The van der Waals surface area contributed by atoms with Gasteiger partial charge < -0.3 is 4.42 Å². The Bertz CT molecular complexity index is 835. The van der Waals surface area contributed by atoms with Crippen LogP contribution in [0.1, 0.15) is 11.1 Å². The summed E-state index contributed by atoms with van der Waals surface area (Å²) in [5.41, 5.74) is 2.78. The molecule has 0 aliphatic carbocycles. The topological polar surface area (TPSA) is 41.8 Å². The average molecular weight is 274 g/mol. The molecule has 0 saturated heterocycles. The van der Waals surface area contributed by atoms with Gasteiger partial charge in [0.2, 0.25) is 0 Å². The van der Waals surface area contributed by atoms with Crippen LogP contribution < -0.4 is 0 Å². The van der Waals surface area contributed by atoms with Gasteiger partial charge in [0, 0.05) is 5.39 Å². The van der Waals surface area contributed by atoms with Gasteiger partial charge in [0.1, 0.15) is 10.3 Å². The number of nitrogens with zero attached hydrogens (tertiary/aromatic N) is 1. The highest BCUT2D eigenvalue weighted by Crippen LogP contribution is 2.30. The quantitative estimate of drug-likeness (QED) is 0.672. The second-order valence-corrected chi connectivity index (χ2v) is 4.83. The molecule has 3 aromatic rings. The highest BCUT2D eigenvalue weighted by Gasteiger charge is 2.14. The number of H-pyrrole nitrogens is 1. The molecule has 0 aliphatic heterocycles. The van der Waals surface area contributed by atoms with Crippen molar-refractivity contribution >= 4 is 23.2 Å². The van der Waals surface area contributed by atoms with Gasteiger partial charge in [-0.3, -0.25) is 5.10 Å². The van der Waals surface area contributed by atoms with Gasteiger partial charge in [-0.2, -0.15) is 5.10 Å². The van der Waals surface area contributed by atoms with Crippen LogP contribution in [0.3, 0.4) is 0 Å². The number of halogens is 1. The lowest BCUT2D eigenvalue weighted by Crippen LogP contribution is -1.95. The lowest BCUT2D eigenvalue weighted by molar-refractivity contribution is 0.566. The fraction of sp³-hybridized carbons (Fsp3) is 0.143. The molecule has 96 valence electrons. The largest absolute Gasteiger partial charge is 0.451 e. The smallest absolute Gasteiger partial charge is 0.170 e. The van der Waals surface area contributed by atoms with Crippen molar-refractivity contribution in [2.24, 2.45) is 0 Å². The predicted octanol–water partition coefficient (Wildman–Crippen LogP) is 4.31. The Balaban J connectivity index is 2.28. The summed E-state index contributed by atoms with van der Waals surface area (Å²) in [7, 11) is 0. The van der Waals surface area contributed by atoms with Crippen LogP contribution in [0.2, 0.25) is 0 Å². The third-order valence-electron chi connectivity index (χ3n) is 3.26. The van der Waals surface area contributed by atoms with E-state index < -0.39 is 0 Å². The van der Waals surface area contributed by atoms with E-state index in [1.54, 1.807) is 18.2 Å². The first-order valence-corrected chi connectivity index (χ1v) is 6.23. The first kappa shape index (κ1) is 12.0. The number of hydrogen-bond donors (Lipinski definition) is 1. The minimum atomic E-state index is -0.373. The Labute approximate surface area is 114 Å². The van der Waals surface area contributed by atoms with Crippen LogP contribution in [0.4, 0.5) is 4.39 Å². The van der Waals surface area contributed by atoms with E-state index in [0.29, 0.717) is 16.1 Å². The molecule has 1 aromatic carbocycles. The van der Waals surface area contributed by atoms with Gasteiger partial charge in [0.05, 0.1) is 0 Å². The molecule has 0 fully saturated rings. The van der Waals surface area contributed by atoms with Crippen molar-refractivity contribution in [3.05, 3.63) is 45.9 Å². The van der Waals surface area contributed by atoms with E-state index >= 15 is 0 Å². The van der Waals surface area contributed by atoms with Gasteiger partial charge in [-0.25, -0.2) is 4.39 Å². The van der Waals surface area contributed by atoms with E-state index in [0.717, 1.165) is 16.5 Å². The lowest BCUT2D eigenvalue weighted by Gasteiger charge is -2.04. The number of furan rings is 1. The zero-order chi connectivity index (χ0) is 13.6. The highest BCUT2D eigenvalue weighted by molar-refractivity contribution is 7.71. The molecule has 0 bridgehead atoms.